The Balaban J connectivity index is 1.87. The SMILES string of the molecule is CCOc1ccc2c(C(=O)NCc3cn(CC)nc3C)cc(=O)oc2c1. The first-order chi connectivity index (χ1) is 12.5. The van der Waals surface area contributed by atoms with Crippen LogP contribution in [-0.2, 0) is 13.1 Å². The van der Waals surface area contributed by atoms with Crippen molar-refractivity contribution in [1.82, 2.24) is 15.1 Å². The van der Waals surface area contributed by atoms with Gasteiger partial charge in [0.05, 0.1) is 17.9 Å². The quantitative estimate of drug-likeness (QED) is 0.687. The van der Waals surface area contributed by atoms with Gasteiger partial charge in [0.25, 0.3) is 5.91 Å². The number of carbonyl (C=O) groups excluding carboxylic acids is 1. The molecule has 2 heterocycles. The third-order valence-electron chi connectivity index (χ3n) is 4.08. The molecule has 0 bridgehead atoms. The second-order valence-corrected chi connectivity index (χ2v) is 5.85. The molecule has 3 aromatic rings. The molecule has 0 aliphatic carbocycles. The number of benzene rings is 1. The smallest absolute Gasteiger partial charge is 0.337 e. The van der Waals surface area contributed by atoms with E-state index in [0.29, 0.717) is 29.9 Å². The highest BCUT2D eigenvalue weighted by Gasteiger charge is 2.15. The first-order valence-electron chi connectivity index (χ1n) is 8.53. The van der Waals surface area contributed by atoms with Gasteiger partial charge in [-0.3, -0.25) is 9.48 Å². The van der Waals surface area contributed by atoms with E-state index in [4.69, 9.17) is 9.15 Å². The van der Waals surface area contributed by atoms with Crippen LogP contribution in [0.3, 0.4) is 0 Å². The summed E-state index contributed by atoms with van der Waals surface area (Å²) in [6, 6.07) is 6.30. The molecule has 0 atom stereocenters. The number of nitrogens with zero attached hydrogens (tertiary/aromatic N) is 2. The number of fused-ring (bicyclic) bond motifs is 1. The summed E-state index contributed by atoms with van der Waals surface area (Å²) in [5, 5.41) is 7.77. The molecule has 136 valence electrons. The number of hydrogen-bond donors (Lipinski definition) is 1. The molecule has 0 saturated heterocycles. The molecule has 3 rings (SSSR count). The lowest BCUT2D eigenvalue weighted by Crippen LogP contribution is -2.24. The average molecular weight is 355 g/mol. The molecule has 1 amide bonds. The van der Waals surface area contributed by atoms with Crippen molar-refractivity contribution < 1.29 is 13.9 Å². The number of hydrogen-bond acceptors (Lipinski definition) is 5. The van der Waals surface area contributed by atoms with E-state index >= 15 is 0 Å². The van der Waals surface area contributed by atoms with Gasteiger partial charge in [0, 0.05) is 42.4 Å². The molecule has 0 radical (unpaired) electrons. The molecule has 0 aliphatic rings. The van der Waals surface area contributed by atoms with Crippen LogP contribution >= 0.6 is 0 Å². The maximum absolute atomic E-state index is 12.6. The Hall–Kier alpha value is -3.09. The zero-order valence-corrected chi connectivity index (χ0v) is 15.0. The van der Waals surface area contributed by atoms with Gasteiger partial charge < -0.3 is 14.5 Å². The van der Waals surface area contributed by atoms with Gasteiger partial charge >= 0.3 is 5.63 Å². The Labute approximate surface area is 150 Å². The van der Waals surface area contributed by atoms with Crippen molar-refractivity contribution in [2.45, 2.75) is 33.9 Å². The molecule has 26 heavy (non-hydrogen) atoms. The Morgan fingerprint density at radius 1 is 1.31 bits per heavy atom. The number of rotatable bonds is 6. The fourth-order valence-electron chi connectivity index (χ4n) is 2.75. The lowest BCUT2D eigenvalue weighted by molar-refractivity contribution is 0.0952. The van der Waals surface area contributed by atoms with E-state index in [0.717, 1.165) is 17.8 Å². The second-order valence-electron chi connectivity index (χ2n) is 5.85. The van der Waals surface area contributed by atoms with Crippen LogP contribution in [0, 0.1) is 6.92 Å². The predicted molar refractivity (Wildman–Crippen MR) is 97.5 cm³/mol. The van der Waals surface area contributed by atoms with Crippen LogP contribution in [0.5, 0.6) is 5.75 Å². The molecule has 0 fully saturated rings. The molecule has 1 aromatic carbocycles. The van der Waals surface area contributed by atoms with E-state index in [1.807, 2.05) is 31.6 Å². The standard InChI is InChI=1S/C19H21N3O4/c1-4-22-11-13(12(3)21-22)10-20-19(24)16-9-18(23)26-17-8-14(25-5-2)6-7-15(16)17/h6-9,11H,4-5,10H2,1-3H3,(H,20,24). The fraction of sp³-hybridized carbons (Fsp3) is 0.316. The predicted octanol–water partition coefficient (Wildman–Crippen LogP) is 2.65. The van der Waals surface area contributed by atoms with Crippen LogP contribution in [0.15, 0.2) is 39.7 Å². The third-order valence-corrected chi connectivity index (χ3v) is 4.08. The molecule has 7 heteroatoms. The largest absolute Gasteiger partial charge is 0.494 e. The Kier molecular flexibility index (Phi) is 5.06. The number of amides is 1. The van der Waals surface area contributed by atoms with Crippen molar-refractivity contribution in [3.05, 3.63) is 57.7 Å². The summed E-state index contributed by atoms with van der Waals surface area (Å²) >= 11 is 0. The number of aromatic nitrogens is 2. The summed E-state index contributed by atoms with van der Waals surface area (Å²) in [5.74, 6) is 0.249. The van der Waals surface area contributed by atoms with Gasteiger partial charge in [-0.05, 0) is 32.9 Å². The van der Waals surface area contributed by atoms with Crippen molar-refractivity contribution in [2.75, 3.05) is 6.61 Å². The van der Waals surface area contributed by atoms with Gasteiger partial charge in [0.15, 0.2) is 0 Å². The molecular weight excluding hydrogens is 334 g/mol. The van der Waals surface area contributed by atoms with Crippen molar-refractivity contribution >= 4 is 16.9 Å². The second kappa shape index (κ2) is 7.43. The summed E-state index contributed by atoms with van der Waals surface area (Å²) < 4.78 is 12.4. The van der Waals surface area contributed by atoms with Crippen molar-refractivity contribution in [1.29, 1.82) is 0 Å². The highest BCUT2D eigenvalue weighted by atomic mass is 16.5. The molecule has 0 aliphatic heterocycles. The molecule has 1 N–H and O–H groups in total. The lowest BCUT2D eigenvalue weighted by Gasteiger charge is -2.08. The highest BCUT2D eigenvalue weighted by Crippen LogP contribution is 2.23. The minimum absolute atomic E-state index is 0.278. The summed E-state index contributed by atoms with van der Waals surface area (Å²) in [5.41, 5.74) is 1.83. The first kappa shape index (κ1) is 17.7. The third kappa shape index (κ3) is 3.61. The van der Waals surface area contributed by atoms with Crippen LogP contribution in [0.25, 0.3) is 11.0 Å². The lowest BCUT2D eigenvalue weighted by atomic mass is 10.1. The van der Waals surface area contributed by atoms with E-state index in [1.54, 1.807) is 18.2 Å². The Morgan fingerprint density at radius 2 is 2.12 bits per heavy atom. The van der Waals surface area contributed by atoms with Crippen LogP contribution in [0.1, 0.15) is 35.5 Å². The summed E-state index contributed by atoms with van der Waals surface area (Å²) in [4.78, 5) is 24.5. The van der Waals surface area contributed by atoms with E-state index in [1.165, 1.54) is 6.07 Å². The minimum atomic E-state index is -0.578. The molecule has 0 saturated carbocycles. The zero-order chi connectivity index (χ0) is 18.7. The van der Waals surface area contributed by atoms with Gasteiger partial charge in [-0.2, -0.15) is 5.10 Å². The fourth-order valence-corrected chi connectivity index (χ4v) is 2.75. The molecule has 7 nitrogen and oxygen atoms in total. The van der Waals surface area contributed by atoms with E-state index in [9.17, 15) is 9.59 Å². The van der Waals surface area contributed by atoms with Crippen molar-refractivity contribution in [3.8, 4) is 5.75 Å². The van der Waals surface area contributed by atoms with Crippen molar-refractivity contribution in [3.63, 3.8) is 0 Å². The summed E-state index contributed by atoms with van der Waals surface area (Å²) in [6.45, 7) is 7.37. The number of nitrogens with one attached hydrogen (secondary N) is 1. The molecule has 0 spiro atoms. The molecule has 0 unspecified atom stereocenters. The molecule has 2 aromatic heterocycles. The van der Waals surface area contributed by atoms with Gasteiger partial charge in [0.2, 0.25) is 0 Å². The summed E-state index contributed by atoms with van der Waals surface area (Å²) in [7, 11) is 0. The summed E-state index contributed by atoms with van der Waals surface area (Å²) in [6.07, 6.45) is 1.90. The van der Waals surface area contributed by atoms with Gasteiger partial charge in [-0.1, -0.05) is 0 Å². The van der Waals surface area contributed by atoms with Gasteiger partial charge in [0.1, 0.15) is 11.3 Å². The number of ether oxygens (including phenoxy) is 1. The Bertz CT molecular complexity index is 1000. The monoisotopic (exact) mass is 355 g/mol. The number of carbonyl (C=O) groups is 1. The van der Waals surface area contributed by atoms with E-state index < -0.39 is 5.63 Å². The van der Waals surface area contributed by atoms with Crippen molar-refractivity contribution in [2.24, 2.45) is 0 Å². The van der Waals surface area contributed by atoms with Crippen LogP contribution in [0.2, 0.25) is 0 Å². The Morgan fingerprint density at radius 3 is 2.81 bits per heavy atom. The average Bonchev–Trinajstić information content (AvgIpc) is 2.99. The van der Waals surface area contributed by atoms with Gasteiger partial charge in [-0.25, -0.2) is 4.79 Å². The first-order valence-corrected chi connectivity index (χ1v) is 8.53. The van der Waals surface area contributed by atoms with Crippen LogP contribution in [0.4, 0.5) is 0 Å². The molecular formula is C19H21N3O4. The van der Waals surface area contributed by atoms with Gasteiger partial charge in [-0.15, -0.1) is 0 Å². The topological polar surface area (TPSA) is 86.4 Å². The van der Waals surface area contributed by atoms with E-state index in [2.05, 4.69) is 10.4 Å². The number of aryl methyl sites for hydroxylation is 2. The highest BCUT2D eigenvalue weighted by molar-refractivity contribution is 6.05. The zero-order valence-electron chi connectivity index (χ0n) is 15.0. The maximum Gasteiger partial charge on any atom is 0.337 e. The minimum Gasteiger partial charge on any atom is -0.494 e. The normalized spacial score (nSPS) is 10.9. The maximum atomic E-state index is 12.6. The van der Waals surface area contributed by atoms with E-state index in [-0.39, 0.29) is 11.5 Å². The van der Waals surface area contributed by atoms with Crippen LogP contribution in [-0.4, -0.2) is 22.3 Å². The van der Waals surface area contributed by atoms with Crippen LogP contribution < -0.4 is 15.7 Å².